The van der Waals surface area contributed by atoms with Crippen LogP contribution in [0.2, 0.25) is 0 Å². The van der Waals surface area contributed by atoms with Crippen LogP contribution in [0.3, 0.4) is 0 Å². The largest absolute Gasteiger partial charge is 0.462 e. The van der Waals surface area contributed by atoms with Gasteiger partial charge in [0.1, 0.15) is 0 Å². The number of esters is 1. The van der Waals surface area contributed by atoms with Crippen LogP contribution in [0, 0.1) is 13.8 Å². The fraction of sp³-hybridized carbons (Fsp3) is 0.417. The van der Waals surface area contributed by atoms with Gasteiger partial charge in [0.15, 0.2) is 0 Å². The Morgan fingerprint density at radius 2 is 2.19 bits per heavy atom. The first kappa shape index (κ1) is 12.5. The average Bonchev–Trinajstić information content (AvgIpc) is 2.51. The molecule has 0 aliphatic carbocycles. The molecule has 0 unspecified atom stereocenters. The predicted molar refractivity (Wildman–Crippen MR) is 64.3 cm³/mol. The zero-order valence-corrected chi connectivity index (χ0v) is 9.96. The van der Waals surface area contributed by atoms with Crippen LogP contribution in [0.5, 0.6) is 0 Å². The van der Waals surface area contributed by atoms with Gasteiger partial charge in [0.25, 0.3) is 0 Å². The smallest absolute Gasteiger partial charge is 0.340 e. The number of nitrogens with one attached hydrogen (secondary N) is 1. The summed E-state index contributed by atoms with van der Waals surface area (Å²) in [7, 11) is 0. The molecular formula is C12H18N2O2. The Morgan fingerprint density at radius 1 is 1.50 bits per heavy atom. The summed E-state index contributed by atoms with van der Waals surface area (Å²) in [5.74, 6) is -0.277. The molecule has 3 N–H and O–H groups in total. The van der Waals surface area contributed by atoms with Crippen LogP contribution in [-0.4, -0.2) is 24.1 Å². The lowest BCUT2D eigenvalue weighted by molar-refractivity contribution is 0.0525. The van der Waals surface area contributed by atoms with Crippen LogP contribution in [0.4, 0.5) is 0 Å². The van der Waals surface area contributed by atoms with E-state index >= 15 is 0 Å². The monoisotopic (exact) mass is 222 g/mol. The maximum Gasteiger partial charge on any atom is 0.340 e. The summed E-state index contributed by atoms with van der Waals surface area (Å²) in [5, 5.41) is 0. The first-order chi connectivity index (χ1) is 7.61. The fourth-order valence-electron chi connectivity index (χ4n) is 1.64. The number of carbonyl (C=O) groups excluding carboxylic acids is 1. The Morgan fingerprint density at radius 3 is 2.75 bits per heavy atom. The number of hydrogen-bond acceptors (Lipinski definition) is 3. The Kier molecular flexibility index (Phi) is 4.31. The molecule has 0 saturated heterocycles. The standard InChI is InChI=1S/C12H18N2O2/c1-4-16-12(15)11-8(2)10(6-5-7-13)14-9(11)3/h5-6,14H,4,7,13H2,1-3H3. The van der Waals surface area contributed by atoms with Crippen molar-refractivity contribution in [1.29, 1.82) is 0 Å². The van der Waals surface area contributed by atoms with Gasteiger partial charge < -0.3 is 15.5 Å². The van der Waals surface area contributed by atoms with Gasteiger partial charge in [-0.2, -0.15) is 0 Å². The van der Waals surface area contributed by atoms with Gasteiger partial charge in [-0.1, -0.05) is 6.08 Å². The van der Waals surface area contributed by atoms with E-state index < -0.39 is 0 Å². The van der Waals surface area contributed by atoms with Crippen molar-refractivity contribution in [2.45, 2.75) is 20.8 Å². The highest BCUT2D eigenvalue weighted by atomic mass is 16.5. The van der Waals surface area contributed by atoms with Crippen molar-refractivity contribution in [2.24, 2.45) is 5.73 Å². The molecule has 0 aliphatic rings. The van der Waals surface area contributed by atoms with Gasteiger partial charge in [-0.05, 0) is 32.4 Å². The first-order valence-electron chi connectivity index (χ1n) is 5.34. The number of hydrogen-bond donors (Lipinski definition) is 2. The number of aromatic amines is 1. The van der Waals surface area contributed by atoms with E-state index in [1.165, 1.54) is 0 Å². The van der Waals surface area contributed by atoms with Crippen molar-refractivity contribution in [3.63, 3.8) is 0 Å². The molecule has 1 aromatic heterocycles. The molecule has 88 valence electrons. The van der Waals surface area contributed by atoms with E-state index in [1.807, 2.05) is 26.0 Å². The minimum Gasteiger partial charge on any atom is -0.462 e. The lowest BCUT2D eigenvalue weighted by Gasteiger charge is -2.01. The summed E-state index contributed by atoms with van der Waals surface area (Å²) in [6, 6.07) is 0. The van der Waals surface area contributed by atoms with Gasteiger partial charge in [0, 0.05) is 17.9 Å². The molecule has 0 radical (unpaired) electrons. The number of aryl methyl sites for hydroxylation is 1. The lowest BCUT2D eigenvalue weighted by Crippen LogP contribution is -2.06. The van der Waals surface area contributed by atoms with E-state index in [0.717, 1.165) is 17.0 Å². The van der Waals surface area contributed by atoms with Crippen LogP contribution in [0.15, 0.2) is 6.08 Å². The molecule has 1 rings (SSSR count). The van der Waals surface area contributed by atoms with Gasteiger partial charge >= 0.3 is 5.97 Å². The van der Waals surface area contributed by atoms with E-state index in [9.17, 15) is 4.79 Å². The molecule has 0 amide bonds. The van der Waals surface area contributed by atoms with Gasteiger partial charge in [-0.25, -0.2) is 4.79 Å². The molecular weight excluding hydrogens is 204 g/mol. The van der Waals surface area contributed by atoms with Crippen LogP contribution in [0.1, 0.15) is 34.2 Å². The Balaban J connectivity index is 3.06. The van der Waals surface area contributed by atoms with Gasteiger partial charge in [0.2, 0.25) is 0 Å². The third-order valence-electron chi connectivity index (χ3n) is 2.38. The highest BCUT2D eigenvalue weighted by Gasteiger charge is 2.17. The summed E-state index contributed by atoms with van der Waals surface area (Å²) < 4.78 is 5.00. The third kappa shape index (κ3) is 2.52. The second kappa shape index (κ2) is 5.51. The van der Waals surface area contributed by atoms with E-state index in [4.69, 9.17) is 10.5 Å². The Bertz CT molecular complexity index is 405. The number of rotatable bonds is 4. The normalized spacial score (nSPS) is 11.0. The topological polar surface area (TPSA) is 68.1 Å². The average molecular weight is 222 g/mol. The highest BCUT2D eigenvalue weighted by molar-refractivity contribution is 5.93. The Hall–Kier alpha value is -1.55. The zero-order chi connectivity index (χ0) is 12.1. The summed E-state index contributed by atoms with van der Waals surface area (Å²) in [4.78, 5) is 14.8. The molecule has 4 nitrogen and oxygen atoms in total. The fourth-order valence-corrected chi connectivity index (χ4v) is 1.64. The predicted octanol–water partition coefficient (Wildman–Crippen LogP) is 1.78. The molecule has 0 aromatic carbocycles. The van der Waals surface area contributed by atoms with E-state index in [-0.39, 0.29) is 5.97 Å². The molecule has 0 spiro atoms. The summed E-state index contributed by atoms with van der Waals surface area (Å²) in [6.45, 7) is 6.42. The molecule has 1 aromatic rings. The summed E-state index contributed by atoms with van der Waals surface area (Å²) in [6.07, 6.45) is 3.72. The SMILES string of the molecule is CCOC(=O)c1c(C)[nH]c(C=CCN)c1C. The van der Waals surface area contributed by atoms with Crippen molar-refractivity contribution in [1.82, 2.24) is 4.98 Å². The Labute approximate surface area is 95.5 Å². The third-order valence-corrected chi connectivity index (χ3v) is 2.38. The van der Waals surface area contributed by atoms with Crippen molar-refractivity contribution in [3.8, 4) is 0 Å². The first-order valence-corrected chi connectivity index (χ1v) is 5.34. The maximum absolute atomic E-state index is 11.7. The van der Waals surface area contributed by atoms with E-state index in [2.05, 4.69) is 4.98 Å². The van der Waals surface area contributed by atoms with E-state index in [1.54, 1.807) is 6.92 Å². The summed E-state index contributed by atoms with van der Waals surface area (Å²) in [5.41, 5.74) is 8.65. The van der Waals surface area contributed by atoms with Gasteiger partial charge in [-0.15, -0.1) is 0 Å². The van der Waals surface area contributed by atoms with Gasteiger partial charge in [0.05, 0.1) is 12.2 Å². The second-order valence-corrected chi connectivity index (χ2v) is 3.52. The number of aromatic nitrogens is 1. The maximum atomic E-state index is 11.7. The van der Waals surface area contributed by atoms with Crippen LogP contribution >= 0.6 is 0 Å². The highest BCUT2D eigenvalue weighted by Crippen LogP contribution is 2.19. The molecule has 0 bridgehead atoms. The number of nitrogens with two attached hydrogens (primary N) is 1. The van der Waals surface area contributed by atoms with E-state index in [0.29, 0.717) is 18.7 Å². The molecule has 0 atom stereocenters. The van der Waals surface area contributed by atoms with Crippen molar-refractivity contribution < 1.29 is 9.53 Å². The molecule has 0 fully saturated rings. The molecule has 0 saturated carbocycles. The minimum atomic E-state index is -0.277. The van der Waals surface area contributed by atoms with Crippen LogP contribution in [-0.2, 0) is 4.74 Å². The zero-order valence-electron chi connectivity index (χ0n) is 9.96. The lowest BCUT2D eigenvalue weighted by atomic mass is 10.1. The van der Waals surface area contributed by atoms with Crippen LogP contribution in [0.25, 0.3) is 6.08 Å². The van der Waals surface area contributed by atoms with Crippen LogP contribution < -0.4 is 5.73 Å². The van der Waals surface area contributed by atoms with Crippen molar-refractivity contribution >= 4 is 12.0 Å². The summed E-state index contributed by atoms with van der Waals surface area (Å²) >= 11 is 0. The van der Waals surface area contributed by atoms with Crippen molar-refractivity contribution in [2.75, 3.05) is 13.2 Å². The molecule has 16 heavy (non-hydrogen) atoms. The number of H-pyrrole nitrogens is 1. The number of carbonyl (C=O) groups is 1. The molecule has 1 heterocycles. The van der Waals surface area contributed by atoms with Gasteiger partial charge in [-0.3, -0.25) is 0 Å². The second-order valence-electron chi connectivity index (χ2n) is 3.52. The number of ether oxygens (including phenoxy) is 1. The minimum absolute atomic E-state index is 0.277. The molecule has 4 heteroatoms. The molecule has 0 aliphatic heterocycles. The van der Waals surface area contributed by atoms with Crippen molar-refractivity contribution in [3.05, 3.63) is 28.6 Å². The quantitative estimate of drug-likeness (QED) is 0.763.